The van der Waals surface area contributed by atoms with Gasteiger partial charge in [-0.05, 0) is 25.5 Å². The molecule has 1 aromatic heterocycles. The predicted molar refractivity (Wildman–Crippen MR) is 68.6 cm³/mol. The Labute approximate surface area is 101 Å². The van der Waals surface area contributed by atoms with E-state index in [-0.39, 0.29) is 6.04 Å². The van der Waals surface area contributed by atoms with Crippen LogP contribution in [-0.2, 0) is 7.05 Å². The molecule has 0 radical (unpaired) electrons. The number of hydrogen-bond donors (Lipinski definition) is 2. The second-order valence-corrected chi connectivity index (χ2v) is 4.20. The van der Waals surface area contributed by atoms with Gasteiger partial charge in [-0.3, -0.25) is 0 Å². The van der Waals surface area contributed by atoms with Crippen molar-refractivity contribution in [1.82, 2.24) is 14.8 Å². The fraction of sp³-hybridized carbons (Fsp3) is 0.333. The first-order valence-electron chi connectivity index (χ1n) is 5.55. The molecule has 2 rings (SSSR count). The van der Waals surface area contributed by atoms with Crippen molar-refractivity contribution >= 4 is 11.4 Å². The molecule has 2 aromatic rings. The molecule has 0 aliphatic heterocycles. The van der Waals surface area contributed by atoms with E-state index in [1.807, 2.05) is 43.7 Å². The first kappa shape index (κ1) is 11.4. The highest BCUT2D eigenvalue weighted by atomic mass is 15.3. The normalized spacial score (nSPS) is 12.4. The third-order valence-electron chi connectivity index (χ3n) is 2.83. The molecule has 0 aliphatic rings. The van der Waals surface area contributed by atoms with Crippen LogP contribution in [-0.4, -0.2) is 14.8 Å². The zero-order valence-corrected chi connectivity index (χ0v) is 10.3. The van der Waals surface area contributed by atoms with Gasteiger partial charge in [0.25, 0.3) is 0 Å². The molecule has 0 bridgehead atoms. The second-order valence-electron chi connectivity index (χ2n) is 4.20. The van der Waals surface area contributed by atoms with E-state index in [4.69, 9.17) is 5.73 Å². The Morgan fingerprint density at radius 3 is 2.82 bits per heavy atom. The number of aromatic nitrogens is 3. The van der Waals surface area contributed by atoms with Gasteiger partial charge in [0.1, 0.15) is 6.33 Å². The van der Waals surface area contributed by atoms with Crippen molar-refractivity contribution in [3.8, 4) is 0 Å². The number of nitrogens with two attached hydrogens (primary N) is 1. The van der Waals surface area contributed by atoms with Crippen molar-refractivity contribution in [2.45, 2.75) is 19.9 Å². The van der Waals surface area contributed by atoms with Gasteiger partial charge in [-0.1, -0.05) is 12.1 Å². The van der Waals surface area contributed by atoms with E-state index >= 15 is 0 Å². The van der Waals surface area contributed by atoms with Crippen LogP contribution in [0.4, 0.5) is 11.4 Å². The highest BCUT2D eigenvalue weighted by Gasteiger charge is 2.12. The van der Waals surface area contributed by atoms with Crippen LogP contribution in [0.1, 0.15) is 24.4 Å². The smallest absolute Gasteiger partial charge is 0.154 e. The lowest BCUT2D eigenvalue weighted by Crippen LogP contribution is -2.13. The molecule has 0 aliphatic carbocycles. The predicted octanol–water partition coefficient (Wildman–Crippen LogP) is 1.88. The van der Waals surface area contributed by atoms with Crippen LogP contribution in [0.2, 0.25) is 0 Å². The van der Waals surface area contributed by atoms with E-state index in [1.54, 1.807) is 6.33 Å². The molecule has 90 valence electrons. The molecule has 17 heavy (non-hydrogen) atoms. The van der Waals surface area contributed by atoms with E-state index in [0.29, 0.717) is 0 Å². The maximum Gasteiger partial charge on any atom is 0.154 e. The lowest BCUT2D eigenvalue weighted by molar-refractivity contribution is 0.719. The number of nitrogens with zero attached hydrogens (tertiary/aromatic N) is 3. The lowest BCUT2D eigenvalue weighted by Gasteiger charge is -2.16. The molecule has 3 N–H and O–H groups in total. The quantitative estimate of drug-likeness (QED) is 0.791. The van der Waals surface area contributed by atoms with Gasteiger partial charge in [0.05, 0.1) is 17.4 Å². The van der Waals surface area contributed by atoms with Crippen molar-refractivity contribution in [2.75, 3.05) is 11.1 Å². The van der Waals surface area contributed by atoms with Gasteiger partial charge < -0.3 is 15.6 Å². The fourth-order valence-electron chi connectivity index (χ4n) is 1.79. The van der Waals surface area contributed by atoms with Crippen molar-refractivity contribution in [2.24, 2.45) is 7.05 Å². The largest absolute Gasteiger partial charge is 0.397 e. The molecule has 0 fully saturated rings. The van der Waals surface area contributed by atoms with Gasteiger partial charge in [-0.15, -0.1) is 10.2 Å². The van der Waals surface area contributed by atoms with E-state index in [2.05, 4.69) is 15.5 Å². The minimum atomic E-state index is 0.0617. The topological polar surface area (TPSA) is 68.8 Å². The van der Waals surface area contributed by atoms with Gasteiger partial charge in [-0.2, -0.15) is 0 Å². The Morgan fingerprint density at radius 2 is 2.18 bits per heavy atom. The average Bonchev–Trinajstić information content (AvgIpc) is 2.71. The van der Waals surface area contributed by atoms with Gasteiger partial charge in [-0.25, -0.2) is 0 Å². The molecule has 1 aromatic carbocycles. The Bertz CT molecular complexity index is 517. The Hall–Kier alpha value is -2.04. The van der Waals surface area contributed by atoms with Crippen LogP contribution < -0.4 is 11.1 Å². The van der Waals surface area contributed by atoms with E-state index in [0.717, 1.165) is 22.8 Å². The van der Waals surface area contributed by atoms with Gasteiger partial charge >= 0.3 is 0 Å². The molecular formula is C12H17N5. The zero-order chi connectivity index (χ0) is 12.4. The number of benzene rings is 1. The first-order chi connectivity index (χ1) is 8.09. The molecule has 1 unspecified atom stereocenters. The van der Waals surface area contributed by atoms with Crippen LogP contribution in [0.3, 0.4) is 0 Å². The molecule has 0 spiro atoms. The number of rotatable bonds is 3. The summed E-state index contributed by atoms with van der Waals surface area (Å²) in [6.07, 6.45) is 1.69. The lowest BCUT2D eigenvalue weighted by atomic mass is 10.1. The number of anilines is 2. The molecule has 0 amide bonds. The molecule has 5 nitrogen and oxygen atoms in total. The van der Waals surface area contributed by atoms with Gasteiger partial charge in [0.2, 0.25) is 0 Å². The van der Waals surface area contributed by atoms with Crippen LogP contribution in [0.25, 0.3) is 0 Å². The Morgan fingerprint density at radius 1 is 1.41 bits per heavy atom. The van der Waals surface area contributed by atoms with Crippen molar-refractivity contribution < 1.29 is 0 Å². The molecule has 1 heterocycles. The first-order valence-corrected chi connectivity index (χ1v) is 5.55. The second kappa shape index (κ2) is 4.45. The highest BCUT2D eigenvalue weighted by Crippen LogP contribution is 2.25. The van der Waals surface area contributed by atoms with Crippen molar-refractivity contribution in [1.29, 1.82) is 0 Å². The summed E-state index contributed by atoms with van der Waals surface area (Å²) in [6.45, 7) is 4.03. The van der Waals surface area contributed by atoms with Crippen LogP contribution in [0, 0.1) is 6.92 Å². The van der Waals surface area contributed by atoms with Crippen LogP contribution >= 0.6 is 0 Å². The van der Waals surface area contributed by atoms with E-state index in [9.17, 15) is 0 Å². The molecular weight excluding hydrogens is 214 g/mol. The Balaban J connectivity index is 2.22. The Kier molecular flexibility index (Phi) is 2.99. The summed E-state index contributed by atoms with van der Waals surface area (Å²) >= 11 is 0. The monoisotopic (exact) mass is 231 g/mol. The summed E-state index contributed by atoms with van der Waals surface area (Å²) < 4.78 is 1.89. The van der Waals surface area contributed by atoms with E-state index < -0.39 is 0 Å². The SMILES string of the molecule is Cc1cccc(NC(C)c2nncn2C)c1N. The van der Waals surface area contributed by atoms with Crippen LogP contribution in [0.5, 0.6) is 0 Å². The van der Waals surface area contributed by atoms with E-state index in [1.165, 1.54) is 0 Å². The zero-order valence-electron chi connectivity index (χ0n) is 10.3. The summed E-state index contributed by atoms with van der Waals surface area (Å²) in [6, 6.07) is 6.01. The molecule has 0 saturated heterocycles. The fourth-order valence-corrected chi connectivity index (χ4v) is 1.79. The third-order valence-corrected chi connectivity index (χ3v) is 2.83. The summed E-state index contributed by atoms with van der Waals surface area (Å²) in [5.41, 5.74) is 8.80. The number of para-hydroxylation sites is 1. The highest BCUT2D eigenvalue weighted by molar-refractivity contribution is 5.69. The minimum absolute atomic E-state index is 0.0617. The summed E-state index contributed by atoms with van der Waals surface area (Å²) in [5.74, 6) is 0.880. The standard InChI is InChI=1S/C12H17N5/c1-8-5-4-6-10(11(8)13)15-9(2)12-16-14-7-17(12)3/h4-7,9,15H,13H2,1-3H3. The van der Waals surface area contributed by atoms with Crippen molar-refractivity contribution in [3.63, 3.8) is 0 Å². The number of nitrogens with one attached hydrogen (secondary N) is 1. The third kappa shape index (κ3) is 2.22. The van der Waals surface area contributed by atoms with Crippen LogP contribution in [0.15, 0.2) is 24.5 Å². The van der Waals surface area contributed by atoms with Gasteiger partial charge in [0, 0.05) is 7.05 Å². The molecule has 0 saturated carbocycles. The van der Waals surface area contributed by atoms with Crippen molar-refractivity contribution in [3.05, 3.63) is 35.9 Å². The molecule has 1 atom stereocenters. The number of hydrogen-bond acceptors (Lipinski definition) is 4. The molecule has 5 heteroatoms. The summed E-state index contributed by atoms with van der Waals surface area (Å²) in [4.78, 5) is 0. The minimum Gasteiger partial charge on any atom is -0.397 e. The number of nitrogen functional groups attached to an aromatic ring is 1. The summed E-state index contributed by atoms with van der Waals surface area (Å²) in [7, 11) is 1.92. The van der Waals surface area contributed by atoms with Gasteiger partial charge in [0.15, 0.2) is 5.82 Å². The number of aryl methyl sites for hydroxylation is 2. The maximum absolute atomic E-state index is 6.02. The maximum atomic E-state index is 6.02. The average molecular weight is 231 g/mol. The summed E-state index contributed by atoms with van der Waals surface area (Å²) in [5, 5.41) is 11.3.